The van der Waals surface area contributed by atoms with Crippen molar-refractivity contribution in [1.82, 2.24) is 9.97 Å². The smallest absolute Gasteiger partial charge is 0.229 e. The molecule has 7 heteroatoms. The van der Waals surface area contributed by atoms with Gasteiger partial charge in [-0.3, -0.25) is 14.7 Å². The molecule has 0 unspecified atom stereocenters. The molecule has 0 N–H and O–H groups in total. The second-order valence-electron chi connectivity index (χ2n) is 6.97. The van der Waals surface area contributed by atoms with Crippen molar-refractivity contribution in [2.45, 2.75) is 19.4 Å². The molecular formula is C24H23N3O3S. The molecule has 4 aromatic rings. The lowest BCUT2D eigenvalue weighted by atomic mass is 10.1. The van der Waals surface area contributed by atoms with E-state index in [1.54, 1.807) is 31.5 Å². The van der Waals surface area contributed by atoms with E-state index in [0.717, 1.165) is 15.8 Å². The first-order valence-electron chi connectivity index (χ1n) is 9.94. The number of carbonyl (C=O) groups excluding carboxylic acids is 1. The number of nitrogens with zero attached hydrogens (tertiary/aromatic N) is 3. The topological polar surface area (TPSA) is 64.6 Å². The number of carbonyl (C=O) groups is 1. The van der Waals surface area contributed by atoms with E-state index >= 15 is 0 Å². The highest BCUT2D eigenvalue weighted by molar-refractivity contribution is 7.22. The van der Waals surface area contributed by atoms with Gasteiger partial charge in [0.1, 0.15) is 21.7 Å². The van der Waals surface area contributed by atoms with Crippen LogP contribution in [0.4, 0.5) is 5.13 Å². The average Bonchev–Trinajstić information content (AvgIpc) is 3.27. The SMILES string of the molecule is COc1ccc(OC)c2sc(N(Cc3ccncc3)C(=O)CCc3ccccc3)nc12. The Bertz CT molecular complexity index is 1120. The summed E-state index contributed by atoms with van der Waals surface area (Å²) in [7, 11) is 3.24. The van der Waals surface area contributed by atoms with E-state index in [1.165, 1.54) is 11.3 Å². The molecule has 1 amide bonds. The van der Waals surface area contributed by atoms with Gasteiger partial charge in [0, 0.05) is 18.8 Å². The molecule has 0 saturated carbocycles. The Hall–Kier alpha value is -3.45. The van der Waals surface area contributed by atoms with Crippen LogP contribution in [0.15, 0.2) is 67.0 Å². The zero-order chi connectivity index (χ0) is 21.6. The molecule has 0 atom stereocenters. The summed E-state index contributed by atoms with van der Waals surface area (Å²) in [6.07, 6.45) is 4.52. The van der Waals surface area contributed by atoms with Crippen molar-refractivity contribution in [3.8, 4) is 11.5 Å². The number of ether oxygens (including phenoxy) is 2. The third-order valence-corrected chi connectivity index (χ3v) is 6.08. The summed E-state index contributed by atoms with van der Waals surface area (Å²) < 4.78 is 11.8. The van der Waals surface area contributed by atoms with Crippen LogP contribution in [0.3, 0.4) is 0 Å². The number of methoxy groups -OCH3 is 2. The molecular weight excluding hydrogens is 410 g/mol. The van der Waals surface area contributed by atoms with Gasteiger partial charge in [-0.1, -0.05) is 41.7 Å². The van der Waals surface area contributed by atoms with Crippen molar-refractivity contribution in [3.05, 3.63) is 78.1 Å². The van der Waals surface area contributed by atoms with Crippen LogP contribution in [0.5, 0.6) is 11.5 Å². The van der Waals surface area contributed by atoms with E-state index < -0.39 is 0 Å². The maximum atomic E-state index is 13.3. The number of amides is 1. The first kappa shape index (κ1) is 20.8. The number of hydrogen-bond donors (Lipinski definition) is 0. The Kier molecular flexibility index (Phi) is 6.43. The maximum absolute atomic E-state index is 13.3. The number of aromatic nitrogens is 2. The maximum Gasteiger partial charge on any atom is 0.229 e. The lowest BCUT2D eigenvalue weighted by Gasteiger charge is -2.20. The molecule has 158 valence electrons. The Morgan fingerprint density at radius 1 is 0.935 bits per heavy atom. The standard InChI is InChI=1S/C24H23N3O3S/c1-29-19-9-10-20(30-2)23-22(19)26-24(31-23)27(16-18-12-14-25-15-13-18)21(28)11-8-17-6-4-3-5-7-17/h3-7,9-10,12-15H,8,11,16H2,1-2H3. The zero-order valence-electron chi connectivity index (χ0n) is 17.4. The van der Waals surface area contributed by atoms with Crippen molar-refractivity contribution in [2.75, 3.05) is 19.1 Å². The predicted octanol–water partition coefficient (Wildman–Crippen LogP) is 4.87. The molecule has 0 aliphatic carbocycles. The van der Waals surface area contributed by atoms with Crippen LogP contribution in [0, 0.1) is 0 Å². The van der Waals surface area contributed by atoms with Crippen molar-refractivity contribution < 1.29 is 14.3 Å². The number of anilines is 1. The number of aryl methyl sites for hydroxylation is 1. The summed E-state index contributed by atoms with van der Waals surface area (Å²) >= 11 is 1.43. The summed E-state index contributed by atoms with van der Waals surface area (Å²) in [5.74, 6) is 1.37. The van der Waals surface area contributed by atoms with Crippen LogP contribution in [0.25, 0.3) is 10.2 Å². The van der Waals surface area contributed by atoms with Gasteiger partial charge in [-0.15, -0.1) is 0 Å². The first-order valence-corrected chi connectivity index (χ1v) is 10.8. The Morgan fingerprint density at radius 2 is 1.65 bits per heavy atom. The van der Waals surface area contributed by atoms with Crippen LogP contribution in [-0.2, 0) is 17.8 Å². The van der Waals surface area contributed by atoms with Gasteiger partial charge in [-0.25, -0.2) is 4.98 Å². The molecule has 0 aliphatic rings. The largest absolute Gasteiger partial charge is 0.495 e. The van der Waals surface area contributed by atoms with Crippen molar-refractivity contribution in [2.24, 2.45) is 0 Å². The molecule has 0 bridgehead atoms. The second-order valence-corrected chi connectivity index (χ2v) is 7.94. The summed E-state index contributed by atoms with van der Waals surface area (Å²) in [6, 6.07) is 17.5. The molecule has 31 heavy (non-hydrogen) atoms. The van der Waals surface area contributed by atoms with Crippen molar-refractivity contribution in [1.29, 1.82) is 0 Å². The normalized spacial score (nSPS) is 10.8. The molecule has 0 saturated heterocycles. The van der Waals surface area contributed by atoms with E-state index in [4.69, 9.17) is 14.5 Å². The molecule has 2 aromatic carbocycles. The molecule has 0 radical (unpaired) electrons. The Balaban J connectivity index is 1.69. The highest BCUT2D eigenvalue weighted by Crippen LogP contribution is 2.40. The van der Waals surface area contributed by atoms with Gasteiger partial charge < -0.3 is 9.47 Å². The number of hydrogen-bond acceptors (Lipinski definition) is 6. The number of fused-ring (bicyclic) bond motifs is 1. The number of benzene rings is 2. The van der Waals surface area contributed by atoms with Crippen LogP contribution in [-0.4, -0.2) is 30.1 Å². The van der Waals surface area contributed by atoms with Gasteiger partial charge in [0.2, 0.25) is 5.91 Å². The summed E-state index contributed by atoms with van der Waals surface area (Å²) in [6.45, 7) is 0.417. The summed E-state index contributed by atoms with van der Waals surface area (Å²) in [4.78, 5) is 23.9. The quantitative estimate of drug-likeness (QED) is 0.396. The number of rotatable bonds is 8. The third kappa shape index (κ3) is 4.67. The monoisotopic (exact) mass is 433 g/mol. The fourth-order valence-electron chi connectivity index (χ4n) is 3.35. The lowest BCUT2D eigenvalue weighted by molar-refractivity contribution is -0.118. The van der Waals surface area contributed by atoms with Crippen LogP contribution in [0.1, 0.15) is 17.5 Å². The van der Waals surface area contributed by atoms with Gasteiger partial charge in [0.15, 0.2) is 5.13 Å². The minimum Gasteiger partial charge on any atom is -0.495 e. The first-order chi connectivity index (χ1) is 15.2. The molecule has 6 nitrogen and oxygen atoms in total. The number of thiazole rings is 1. The summed E-state index contributed by atoms with van der Waals surface area (Å²) in [5.41, 5.74) is 2.81. The van der Waals surface area contributed by atoms with E-state index in [1.807, 2.05) is 54.6 Å². The molecule has 0 spiro atoms. The molecule has 0 fully saturated rings. The Labute approximate surface area is 185 Å². The average molecular weight is 434 g/mol. The van der Waals surface area contributed by atoms with Crippen LogP contribution >= 0.6 is 11.3 Å². The molecule has 2 heterocycles. The predicted molar refractivity (Wildman–Crippen MR) is 123 cm³/mol. The van der Waals surface area contributed by atoms with Gasteiger partial charge in [0.25, 0.3) is 0 Å². The number of pyridine rings is 1. The van der Waals surface area contributed by atoms with Gasteiger partial charge in [-0.05, 0) is 41.8 Å². The minimum atomic E-state index is 0.0117. The highest BCUT2D eigenvalue weighted by Gasteiger charge is 2.22. The van der Waals surface area contributed by atoms with Crippen molar-refractivity contribution >= 4 is 32.6 Å². The molecule has 0 aliphatic heterocycles. The molecule has 4 rings (SSSR count). The summed E-state index contributed by atoms with van der Waals surface area (Å²) in [5, 5.41) is 0.618. The minimum absolute atomic E-state index is 0.0117. The fraction of sp³-hybridized carbons (Fsp3) is 0.208. The lowest BCUT2D eigenvalue weighted by Crippen LogP contribution is -2.30. The van der Waals surface area contributed by atoms with E-state index in [0.29, 0.717) is 41.5 Å². The second kappa shape index (κ2) is 9.57. The van der Waals surface area contributed by atoms with Gasteiger partial charge in [-0.2, -0.15) is 0 Å². The van der Waals surface area contributed by atoms with Gasteiger partial charge in [0.05, 0.1) is 20.8 Å². The fourth-order valence-corrected chi connectivity index (χ4v) is 4.44. The Morgan fingerprint density at radius 3 is 2.35 bits per heavy atom. The third-order valence-electron chi connectivity index (χ3n) is 4.99. The van der Waals surface area contributed by atoms with Crippen LogP contribution < -0.4 is 14.4 Å². The van der Waals surface area contributed by atoms with Crippen molar-refractivity contribution in [3.63, 3.8) is 0 Å². The van der Waals surface area contributed by atoms with E-state index in [-0.39, 0.29) is 5.91 Å². The van der Waals surface area contributed by atoms with Crippen LogP contribution in [0.2, 0.25) is 0 Å². The van der Waals surface area contributed by atoms with E-state index in [2.05, 4.69) is 4.98 Å². The molecule has 2 aromatic heterocycles. The zero-order valence-corrected chi connectivity index (χ0v) is 18.3. The highest BCUT2D eigenvalue weighted by atomic mass is 32.1. The van der Waals surface area contributed by atoms with Gasteiger partial charge >= 0.3 is 0 Å². The van der Waals surface area contributed by atoms with E-state index in [9.17, 15) is 4.79 Å².